The largest absolute Gasteiger partial charge is 0.469 e. The smallest absolute Gasteiger partial charge is 0.309 e. The molecule has 0 radical (unpaired) electrons. The van der Waals surface area contributed by atoms with Crippen molar-refractivity contribution in [1.82, 2.24) is 0 Å². The predicted molar refractivity (Wildman–Crippen MR) is 67.3 cm³/mol. The minimum Gasteiger partial charge on any atom is -0.469 e. The van der Waals surface area contributed by atoms with Crippen LogP contribution in [0.3, 0.4) is 0 Å². The lowest BCUT2D eigenvalue weighted by atomic mass is 9.96. The number of ether oxygens (including phenoxy) is 2. The van der Waals surface area contributed by atoms with Gasteiger partial charge in [-0.15, -0.1) is 0 Å². The zero-order valence-electron chi connectivity index (χ0n) is 10.3. The van der Waals surface area contributed by atoms with Gasteiger partial charge in [0.1, 0.15) is 0 Å². The van der Waals surface area contributed by atoms with Gasteiger partial charge in [-0.1, -0.05) is 29.8 Å². The molecule has 0 fully saturated rings. The molecule has 1 rings (SSSR count). The number of carbonyl (C=O) groups excluding carboxylic acids is 2. The summed E-state index contributed by atoms with van der Waals surface area (Å²) in [6.45, 7) is 0. The molecule has 0 saturated carbocycles. The van der Waals surface area contributed by atoms with E-state index in [4.69, 9.17) is 11.6 Å². The summed E-state index contributed by atoms with van der Waals surface area (Å²) in [5, 5.41) is 0.566. The normalized spacial score (nSPS) is 11.7. The van der Waals surface area contributed by atoms with E-state index in [1.807, 2.05) is 12.1 Å². The molecule has 0 amide bonds. The highest BCUT2D eigenvalue weighted by molar-refractivity contribution is 6.31. The lowest BCUT2D eigenvalue weighted by molar-refractivity contribution is -0.151. The summed E-state index contributed by atoms with van der Waals surface area (Å²) < 4.78 is 9.24. The predicted octanol–water partition coefficient (Wildman–Crippen LogP) is 2.23. The summed E-state index contributed by atoms with van der Waals surface area (Å²) >= 11 is 6.02. The first-order valence-corrected chi connectivity index (χ1v) is 5.84. The van der Waals surface area contributed by atoms with Gasteiger partial charge in [-0.3, -0.25) is 9.59 Å². The second kappa shape index (κ2) is 7.01. The Morgan fingerprint density at radius 1 is 1.22 bits per heavy atom. The number of esters is 2. The van der Waals surface area contributed by atoms with E-state index >= 15 is 0 Å². The molecule has 0 aliphatic rings. The summed E-state index contributed by atoms with van der Waals surface area (Å²) in [5.41, 5.74) is 0.804. The molecule has 18 heavy (non-hydrogen) atoms. The summed E-state index contributed by atoms with van der Waals surface area (Å²) in [4.78, 5) is 22.9. The molecule has 0 aliphatic carbocycles. The average Bonchev–Trinajstić information content (AvgIpc) is 2.39. The molecule has 0 aliphatic heterocycles. The van der Waals surface area contributed by atoms with Crippen molar-refractivity contribution in [3.05, 3.63) is 34.9 Å². The number of methoxy groups -OCH3 is 2. The van der Waals surface area contributed by atoms with Crippen LogP contribution in [0, 0.1) is 5.92 Å². The van der Waals surface area contributed by atoms with Crippen LogP contribution in [0.2, 0.25) is 5.02 Å². The van der Waals surface area contributed by atoms with Crippen LogP contribution in [0.4, 0.5) is 0 Å². The topological polar surface area (TPSA) is 52.6 Å². The Morgan fingerprint density at radius 3 is 2.44 bits per heavy atom. The van der Waals surface area contributed by atoms with Crippen LogP contribution in [-0.4, -0.2) is 26.2 Å². The molecular formula is C13H15ClO4. The number of carbonyl (C=O) groups is 2. The molecule has 0 saturated heterocycles. The third-order valence-corrected chi connectivity index (χ3v) is 2.97. The molecule has 1 atom stereocenters. The first kappa shape index (κ1) is 14.5. The van der Waals surface area contributed by atoms with Crippen molar-refractivity contribution in [3.63, 3.8) is 0 Å². The zero-order chi connectivity index (χ0) is 13.5. The highest BCUT2D eigenvalue weighted by Crippen LogP contribution is 2.21. The lowest BCUT2D eigenvalue weighted by Gasteiger charge is -2.14. The lowest BCUT2D eigenvalue weighted by Crippen LogP contribution is -2.22. The summed E-state index contributed by atoms with van der Waals surface area (Å²) in [7, 11) is 2.57. The summed E-state index contributed by atoms with van der Waals surface area (Å²) in [6, 6.07) is 7.19. The molecule has 0 heterocycles. The van der Waals surface area contributed by atoms with Gasteiger partial charge in [0.2, 0.25) is 0 Å². The first-order chi connectivity index (χ1) is 8.58. The number of rotatable bonds is 5. The number of hydrogen-bond acceptors (Lipinski definition) is 4. The maximum atomic E-state index is 11.6. The molecule has 0 aromatic heterocycles. The summed E-state index contributed by atoms with van der Waals surface area (Å²) in [5.74, 6) is -1.47. The molecule has 98 valence electrons. The van der Waals surface area contributed by atoms with E-state index in [9.17, 15) is 9.59 Å². The third-order valence-electron chi connectivity index (χ3n) is 2.60. The second-order valence-corrected chi connectivity index (χ2v) is 4.20. The van der Waals surface area contributed by atoms with Crippen LogP contribution in [0.15, 0.2) is 24.3 Å². The molecule has 0 N–H and O–H groups in total. The quantitative estimate of drug-likeness (QED) is 0.770. The van der Waals surface area contributed by atoms with Crippen molar-refractivity contribution in [2.24, 2.45) is 5.92 Å². The van der Waals surface area contributed by atoms with Crippen LogP contribution >= 0.6 is 11.6 Å². The Bertz CT molecular complexity index is 431. The molecule has 4 nitrogen and oxygen atoms in total. The van der Waals surface area contributed by atoms with Crippen LogP contribution in [-0.2, 0) is 25.5 Å². The highest BCUT2D eigenvalue weighted by atomic mass is 35.5. The van der Waals surface area contributed by atoms with E-state index in [1.54, 1.807) is 12.1 Å². The van der Waals surface area contributed by atoms with Crippen LogP contribution in [0.25, 0.3) is 0 Å². The first-order valence-electron chi connectivity index (χ1n) is 5.46. The van der Waals surface area contributed by atoms with Crippen molar-refractivity contribution in [3.8, 4) is 0 Å². The Hall–Kier alpha value is -1.55. The van der Waals surface area contributed by atoms with Crippen LogP contribution in [0.1, 0.15) is 12.0 Å². The van der Waals surface area contributed by atoms with E-state index in [0.717, 1.165) is 5.56 Å². The molecule has 5 heteroatoms. The van der Waals surface area contributed by atoms with Crippen LogP contribution < -0.4 is 0 Å². The average molecular weight is 271 g/mol. The van der Waals surface area contributed by atoms with Gasteiger partial charge in [-0.2, -0.15) is 0 Å². The third kappa shape index (κ3) is 4.04. The Balaban J connectivity index is 2.82. The van der Waals surface area contributed by atoms with Crippen molar-refractivity contribution >= 4 is 23.5 Å². The fraction of sp³-hybridized carbons (Fsp3) is 0.385. The van der Waals surface area contributed by atoms with E-state index in [2.05, 4.69) is 9.47 Å². The maximum absolute atomic E-state index is 11.6. The Kier molecular flexibility index (Phi) is 5.65. The van der Waals surface area contributed by atoms with E-state index in [0.29, 0.717) is 11.4 Å². The van der Waals surface area contributed by atoms with Gasteiger partial charge in [-0.05, 0) is 18.1 Å². The van der Waals surface area contributed by atoms with E-state index < -0.39 is 17.9 Å². The monoisotopic (exact) mass is 270 g/mol. The second-order valence-electron chi connectivity index (χ2n) is 3.80. The van der Waals surface area contributed by atoms with E-state index in [-0.39, 0.29) is 6.42 Å². The number of hydrogen-bond donors (Lipinski definition) is 0. The SMILES string of the molecule is COC(=O)CC(Cc1ccccc1Cl)C(=O)OC. The minimum atomic E-state index is -0.581. The summed E-state index contributed by atoms with van der Waals surface area (Å²) in [6.07, 6.45) is 0.329. The maximum Gasteiger partial charge on any atom is 0.309 e. The fourth-order valence-corrected chi connectivity index (χ4v) is 1.83. The van der Waals surface area contributed by atoms with Gasteiger partial charge < -0.3 is 9.47 Å². The van der Waals surface area contributed by atoms with Crippen molar-refractivity contribution in [2.45, 2.75) is 12.8 Å². The molecule has 0 spiro atoms. The van der Waals surface area contributed by atoms with Gasteiger partial charge in [0.05, 0.1) is 26.6 Å². The zero-order valence-corrected chi connectivity index (χ0v) is 11.1. The van der Waals surface area contributed by atoms with Gasteiger partial charge in [0.25, 0.3) is 0 Å². The Labute approximate surface area is 111 Å². The standard InChI is InChI=1S/C13H15ClO4/c1-17-12(15)8-10(13(16)18-2)7-9-5-3-4-6-11(9)14/h3-6,10H,7-8H2,1-2H3. The van der Waals surface area contributed by atoms with Gasteiger partial charge in [0, 0.05) is 5.02 Å². The number of benzene rings is 1. The van der Waals surface area contributed by atoms with E-state index in [1.165, 1.54) is 14.2 Å². The van der Waals surface area contributed by atoms with Crippen molar-refractivity contribution < 1.29 is 19.1 Å². The molecular weight excluding hydrogens is 256 g/mol. The molecule has 0 bridgehead atoms. The molecule has 1 aromatic rings. The molecule has 1 unspecified atom stereocenters. The van der Waals surface area contributed by atoms with Gasteiger partial charge >= 0.3 is 11.9 Å². The van der Waals surface area contributed by atoms with Crippen LogP contribution in [0.5, 0.6) is 0 Å². The Morgan fingerprint density at radius 2 is 1.89 bits per heavy atom. The van der Waals surface area contributed by atoms with Gasteiger partial charge in [-0.25, -0.2) is 0 Å². The van der Waals surface area contributed by atoms with Crippen molar-refractivity contribution in [2.75, 3.05) is 14.2 Å². The fourth-order valence-electron chi connectivity index (χ4n) is 1.62. The number of halogens is 1. The highest BCUT2D eigenvalue weighted by Gasteiger charge is 2.24. The minimum absolute atomic E-state index is 0.0194. The van der Waals surface area contributed by atoms with Crippen molar-refractivity contribution in [1.29, 1.82) is 0 Å². The molecule has 1 aromatic carbocycles. The van der Waals surface area contributed by atoms with Gasteiger partial charge in [0.15, 0.2) is 0 Å².